The van der Waals surface area contributed by atoms with E-state index in [1.807, 2.05) is 0 Å². The van der Waals surface area contributed by atoms with Crippen molar-refractivity contribution in [1.29, 1.82) is 0 Å². The summed E-state index contributed by atoms with van der Waals surface area (Å²) in [7, 11) is 0. The second kappa shape index (κ2) is 21.4. The lowest BCUT2D eigenvalue weighted by Crippen LogP contribution is -2.27. The first kappa shape index (κ1) is 24.3. The Bertz CT molecular complexity index is 249. The van der Waals surface area contributed by atoms with Gasteiger partial charge in [0.15, 0.2) is 0 Å². The summed E-state index contributed by atoms with van der Waals surface area (Å²) in [5, 5.41) is 7.11. The molecule has 0 aliphatic heterocycles. The van der Waals surface area contributed by atoms with E-state index >= 15 is 0 Å². The number of hydrogen-bond acceptors (Lipinski definition) is 2. The molecular formula is C23H48N2. The zero-order valence-electron chi connectivity index (χ0n) is 17.8. The summed E-state index contributed by atoms with van der Waals surface area (Å²) >= 11 is 0. The summed E-state index contributed by atoms with van der Waals surface area (Å²) in [5.41, 5.74) is 0. The predicted octanol–water partition coefficient (Wildman–Crippen LogP) is 7.31. The van der Waals surface area contributed by atoms with E-state index in [-0.39, 0.29) is 0 Å². The topological polar surface area (TPSA) is 24.1 Å². The van der Waals surface area contributed by atoms with Gasteiger partial charge in [0.2, 0.25) is 0 Å². The Morgan fingerprint density at radius 3 is 1.16 bits per heavy atom. The maximum Gasteiger partial charge on any atom is 0.0942 e. The van der Waals surface area contributed by atoms with Crippen LogP contribution in [0.5, 0.6) is 0 Å². The van der Waals surface area contributed by atoms with Gasteiger partial charge in [-0.25, -0.2) is 0 Å². The lowest BCUT2D eigenvalue weighted by Gasteiger charge is -2.13. The summed E-state index contributed by atoms with van der Waals surface area (Å²) in [6, 6.07) is 0. The first-order valence-electron chi connectivity index (χ1n) is 11.5. The van der Waals surface area contributed by atoms with Crippen LogP contribution in [0.25, 0.3) is 0 Å². The van der Waals surface area contributed by atoms with E-state index in [9.17, 15) is 0 Å². The Kier molecular flexibility index (Phi) is 20.8. The van der Waals surface area contributed by atoms with Crippen molar-refractivity contribution in [2.75, 3.05) is 13.1 Å². The summed E-state index contributed by atoms with van der Waals surface area (Å²) < 4.78 is 0. The maximum absolute atomic E-state index is 3.56. The quantitative estimate of drug-likeness (QED) is 0.224. The largest absolute Gasteiger partial charge is 0.372 e. The van der Waals surface area contributed by atoms with Gasteiger partial charge in [0.05, 0.1) is 5.82 Å². The third-order valence-corrected chi connectivity index (χ3v) is 4.98. The minimum atomic E-state index is 1.11. The van der Waals surface area contributed by atoms with Crippen molar-refractivity contribution < 1.29 is 0 Å². The van der Waals surface area contributed by atoms with Crippen LogP contribution in [0, 0.1) is 0 Å². The zero-order chi connectivity index (χ0) is 18.4. The Morgan fingerprint density at radius 2 is 0.840 bits per heavy atom. The van der Waals surface area contributed by atoms with Crippen LogP contribution in [0.3, 0.4) is 0 Å². The Hall–Kier alpha value is -0.660. The van der Waals surface area contributed by atoms with Crippen LogP contribution in [0.2, 0.25) is 0 Å². The second-order valence-corrected chi connectivity index (χ2v) is 7.51. The Balaban J connectivity index is 3.32. The lowest BCUT2D eigenvalue weighted by molar-refractivity contribution is 0.548. The van der Waals surface area contributed by atoms with Crippen LogP contribution in [0.1, 0.15) is 124 Å². The molecule has 0 aromatic heterocycles. The molecule has 0 aliphatic rings. The van der Waals surface area contributed by atoms with Gasteiger partial charge in [-0.2, -0.15) is 0 Å². The monoisotopic (exact) mass is 352 g/mol. The highest BCUT2D eigenvalue weighted by atomic mass is 15.1. The molecule has 0 radical (unpaired) electrons. The molecule has 0 fully saturated rings. The van der Waals surface area contributed by atoms with E-state index < -0.39 is 0 Å². The molecule has 0 amide bonds. The van der Waals surface area contributed by atoms with Gasteiger partial charge in [0.25, 0.3) is 0 Å². The maximum atomic E-state index is 3.56. The normalized spacial score (nSPS) is 10.7. The van der Waals surface area contributed by atoms with E-state index in [4.69, 9.17) is 0 Å². The molecule has 0 atom stereocenters. The molecule has 2 nitrogen and oxygen atoms in total. The lowest BCUT2D eigenvalue weighted by atomic mass is 10.1. The van der Waals surface area contributed by atoms with Crippen molar-refractivity contribution in [3.05, 3.63) is 11.9 Å². The standard InChI is InChI=1S/C23H48N2/c1-4-7-9-11-13-15-17-19-21-24-23(6-3)25-22-20-18-16-14-12-10-8-5-2/h6,24-25H,4-5,7-22H2,1-3H3. The molecule has 0 unspecified atom stereocenters. The third-order valence-electron chi connectivity index (χ3n) is 4.98. The summed E-state index contributed by atoms with van der Waals surface area (Å²) in [4.78, 5) is 0. The Morgan fingerprint density at radius 1 is 0.520 bits per heavy atom. The first-order valence-corrected chi connectivity index (χ1v) is 11.5. The SMILES string of the molecule is CC=C(NCCCCCCCCCC)NCCCCCCCCCC. The van der Waals surface area contributed by atoms with E-state index in [1.165, 1.54) is 109 Å². The highest BCUT2D eigenvalue weighted by Crippen LogP contribution is 2.09. The molecule has 0 bridgehead atoms. The van der Waals surface area contributed by atoms with Crippen LogP contribution in [-0.2, 0) is 0 Å². The molecule has 150 valence electrons. The molecule has 0 saturated heterocycles. The fourth-order valence-electron chi connectivity index (χ4n) is 3.23. The molecule has 0 spiro atoms. The van der Waals surface area contributed by atoms with Gasteiger partial charge in [-0.05, 0) is 25.8 Å². The van der Waals surface area contributed by atoms with E-state index in [0.29, 0.717) is 0 Å². The molecule has 2 N–H and O–H groups in total. The molecule has 0 rings (SSSR count). The van der Waals surface area contributed by atoms with Crippen molar-refractivity contribution in [2.24, 2.45) is 0 Å². The van der Waals surface area contributed by atoms with Crippen LogP contribution >= 0.6 is 0 Å². The van der Waals surface area contributed by atoms with Gasteiger partial charge in [-0.3, -0.25) is 0 Å². The van der Waals surface area contributed by atoms with E-state index in [2.05, 4.69) is 37.5 Å². The van der Waals surface area contributed by atoms with Gasteiger partial charge in [-0.15, -0.1) is 0 Å². The highest BCUT2D eigenvalue weighted by Gasteiger charge is 1.96. The molecule has 2 heteroatoms. The minimum Gasteiger partial charge on any atom is -0.372 e. The van der Waals surface area contributed by atoms with Gasteiger partial charge in [-0.1, -0.05) is 104 Å². The van der Waals surface area contributed by atoms with Gasteiger partial charge >= 0.3 is 0 Å². The molecular weight excluding hydrogens is 304 g/mol. The van der Waals surface area contributed by atoms with Crippen LogP contribution < -0.4 is 10.6 Å². The van der Waals surface area contributed by atoms with E-state index in [1.54, 1.807) is 0 Å². The minimum absolute atomic E-state index is 1.11. The van der Waals surface area contributed by atoms with Crippen molar-refractivity contribution in [3.63, 3.8) is 0 Å². The van der Waals surface area contributed by atoms with Gasteiger partial charge < -0.3 is 10.6 Å². The smallest absolute Gasteiger partial charge is 0.0942 e. The molecule has 0 aliphatic carbocycles. The molecule has 0 aromatic carbocycles. The predicted molar refractivity (Wildman–Crippen MR) is 115 cm³/mol. The average molecular weight is 353 g/mol. The number of nitrogens with one attached hydrogen (secondary N) is 2. The molecule has 0 heterocycles. The van der Waals surface area contributed by atoms with Gasteiger partial charge in [0, 0.05) is 13.1 Å². The van der Waals surface area contributed by atoms with Crippen molar-refractivity contribution in [1.82, 2.24) is 10.6 Å². The summed E-state index contributed by atoms with van der Waals surface area (Å²) in [5.74, 6) is 1.23. The first-order chi connectivity index (χ1) is 12.3. The van der Waals surface area contributed by atoms with Gasteiger partial charge in [0.1, 0.15) is 0 Å². The highest BCUT2D eigenvalue weighted by molar-refractivity contribution is 4.94. The van der Waals surface area contributed by atoms with Crippen molar-refractivity contribution in [3.8, 4) is 0 Å². The van der Waals surface area contributed by atoms with E-state index in [0.717, 1.165) is 13.1 Å². The Labute approximate surface area is 159 Å². The zero-order valence-corrected chi connectivity index (χ0v) is 17.8. The number of allylic oxidation sites excluding steroid dienone is 1. The number of rotatable bonds is 20. The summed E-state index contributed by atoms with van der Waals surface area (Å²) in [6.07, 6.45) is 24.4. The number of unbranched alkanes of at least 4 members (excludes halogenated alkanes) is 14. The molecule has 0 saturated carbocycles. The molecule has 0 aromatic rings. The van der Waals surface area contributed by atoms with Crippen LogP contribution in [-0.4, -0.2) is 13.1 Å². The third kappa shape index (κ3) is 19.5. The van der Waals surface area contributed by atoms with Crippen LogP contribution in [0.15, 0.2) is 11.9 Å². The van der Waals surface area contributed by atoms with Crippen LogP contribution in [0.4, 0.5) is 0 Å². The summed E-state index contributed by atoms with van der Waals surface area (Å²) in [6.45, 7) is 8.91. The van der Waals surface area contributed by atoms with Crippen molar-refractivity contribution >= 4 is 0 Å². The molecule has 25 heavy (non-hydrogen) atoms. The fraction of sp³-hybridized carbons (Fsp3) is 0.913. The average Bonchev–Trinajstić information content (AvgIpc) is 2.63. The van der Waals surface area contributed by atoms with Crippen molar-refractivity contribution in [2.45, 2.75) is 124 Å². The fourth-order valence-corrected chi connectivity index (χ4v) is 3.23. The number of hydrogen-bond donors (Lipinski definition) is 2. The second-order valence-electron chi connectivity index (χ2n) is 7.51.